The van der Waals surface area contributed by atoms with E-state index in [1.54, 1.807) is 6.07 Å². The molecule has 1 saturated carbocycles. The van der Waals surface area contributed by atoms with Crippen molar-refractivity contribution in [3.05, 3.63) is 47.5 Å². The Balaban J connectivity index is 1.63. The zero-order chi connectivity index (χ0) is 27.9. The van der Waals surface area contributed by atoms with E-state index in [9.17, 15) is 14.4 Å². The molecule has 1 aliphatic rings. The van der Waals surface area contributed by atoms with Gasteiger partial charge >= 0.3 is 12.0 Å². The number of esters is 1. The highest BCUT2D eigenvalue weighted by Gasteiger charge is 2.32. The number of ether oxygens (including phenoxy) is 2. The number of hydrogen-bond acceptors (Lipinski definition) is 7. The summed E-state index contributed by atoms with van der Waals surface area (Å²) < 4.78 is 11.8. The standard InChI is InChI=1S/C28H38N4O5S/c1-17(37-28(2,3)4)23(26(34)36-20-9-5-6-10-20)31-15-7-8-18-11-13-19(14-12-18)22-16-21(24(29)33)25(38-22)32-27(30)35/h7-8,11-14,16-17,20,23,31H,5-6,9-10,15H2,1-4H3,(H2,29,33)(H3,30,32,35)/b8-7+/t17?,23-/m0/s1. The van der Waals surface area contributed by atoms with Gasteiger partial charge in [-0.25, -0.2) is 4.79 Å². The van der Waals surface area contributed by atoms with Crippen LogP contribution >= 0.6 is 11.3 Å². The largest absolute Gasteiger partial charge is 0.461 e. The second-order valence-electron chi connectivity index (χ2n) is 10.4. The Bertz CT molecular complexity index is 1150. The Labute approximate surface area is 227 Å². The van der Waals surface area contributed by atoms with Gasteiger partial charge in [0, 0.05) is 11.4 Å². The van der Waals surface area contributed by atoms with E-state index in [0.29, 0.717) is 11.5 Å². The molecule has 6 N–H and O–H groups in total. The Hall–Kier alpha value is -3.21. The second-order valence-corrected chi connectivity index (χ2v) is 11.4. The van der Waals surface area contributed by atoms with Crippen LogP contribution in [0, 0.1) is 0 Å². The number of urea groups is 1. The minimum absolute atomic E-state index is 0.00672. The second kappa shape index (κ2) is 13.0. The number of carbonyl (C=O) groups is 3. The van der Waals surface area contributed by atoms with Gasteiger partial charge < -0.3 is 20.9 Å². The fourth-order valence-corrected chi connectivity index (χ4v) is 5.45. The van der Waals surface area contributed by atoms with Crippen molar-refractivity contribution in [2.75, 3.05) is 11.9 Å². The van der Waals surface area contributed by atoms with Crippen molar-refractivity contribution in [2.45, 2.75) is 77.2 Å². The van der Waals surface area contributed by atoms with Crippen LogP contribution in [0.15, 0.2) is 36.4 Å². The number of rotatable bonds is 11. The lowest BCUT2D eigenvalue weighted by molar-refractivity contribution is -0.158. The third-order valence-corrected chi connectivity index (χ3v) is 7.14. The molecule has 0 spiro atoms. The first-order valence-corrected chi connectivity index (χ1v) is 13.6. The van der Waals surface area contributed by atoms with Crippen molar-refractivity contribution in [2.24, 2.45) is 11.5 Å². The van der Waals surface area contributed by atoms with Gasteiger partial charge in [0.1, 0.15) is 17.1 Å². The van der Waals surface area contributed by atoms with Crippen LogP contribution in [0.25, 0.3) is 16.5 Å². The summed E-state index contributed by atoms with van der Waals surface area (Å²) in [5, 5.41) is 6.05. The van der Waals surface area contributed by atoms with Crippen LogP contribution < -0.4 is 22.1 Å². The van der Waals surface area contributed by atoms with E-state index in [4.69, 9.17) is 20.9 Å². The average Bonchev–Trinajstić information content (AvgIpc) is 3.48. The SMILES string of the molecule is CC(OC(C)(C)C)[C@H](NC/C=C/c1ccc(-c2cc(C(N)=O)c(NC(N)=O)s2)cc1)C(=O)OC1CCCC1. The van der Waals surface area contributed by atoms with Crippen LogP contribution in [-0.4, -0.2) is 48.3 Å². The minimum Gasteiger partial charge on any atom is -0.461 e. The zero-order valence-electron chi connectivity index (χ0n) is 22.4. The monoisotopic (exact) mass is 542 g/mol. The third kappa shape index (κ3) is 8.68. The predicted molar refractivity (Wildman–Crippen MR) is 151 cm³/mol. The van der Waals surface area contributed by atoms with Crippen molar-refractivity contribution in [3.8, 4) is 10.4 Å². The zero-order valence-corrected chi connectivity index (χ0v) is 23.2. The fourth-order valence-electron chi connectivity index (χ4n) is 4.38. The normalized spacial score (nSPS) is 15.9. The summed E-state index contributed by atoms with van der Waals surface area (Å²) in [6.07, 6.45) is 7.55. The highest BCUT2D eigenvalue weighted by atomic mass is 32.1. The molecule has 3 amide bonds. The summed E-state index contributed by atoms with van der Waals surface area (Å²) in [5.74, 6) is -0.918. The number of hydrogen-bond donors (Lipinski definition) is 4. The third-order valence-electron chi connectivity index (χ3n) is 6.04. The van der Waals surface area contributed by atoms with E-state index >= 15 is 0 Å². The highest BCUT2D eigenvalue weighted by Crippen LogP contribution is 2.35. The Morgan fingerprint density at radius 3 is 2.37 bits per heavy atom. The fraction of sp³-hybridized carbons (Fsp3) is 0.464. The number of carbonyl (C=O) groups excluding carboxylic acids is 3. The number of thiophene rings is 1. The van der Waals surface area contributed by atoms with Gasteiger partial charge in [0.05, 0.1) is 17.3 Å². The molecule has 0 bridgehead atoms. The molecule has 206 valence electrons. The van der Waals surface area contributed by atoms with Gasteiger partial charge in [-0.05, 0) is 70.6 Å². The number of amides is 3. The van der Waals surface area contributed by atoms with Gasteiger partial charge in [0.25, 0.3) is 5.91 Å². The van der Waals surface area contributed by atoms with E-state index < -0.39 is 18.0 Å². The summed E-state index contributed by atoms with van der Waals surface area (Å²) in [5.41, 5.74) is 12.3. The van der Waals surface area contributed by atoms with Gasteiger partial charge in [0.15, 0.2) is 0 Å². The minimum atomic E-state index is -0.761. The molecule has 1 fully saturated rings. The molecule has 1 unspecified atom stereocenters. The van der Waals surface area contributed by atoms with Gasteiger partial charge in [-0.1, -0.05) is 36.4 Å². The van der Waals surface area contributed by atoms with E-state index in [1.165, 1.54) is 11.3 Å². The van der Waals surface area contributed by atoms with Crippen LogP contribution in [-0.2, 0) is 14.3 Å². The van der Waals surface area contributed by atoms with Crippen LogP contribution in [0.5, 0.6) is 0 Å². The summed E-state index contributed by atoms with van der Waals surface area (Å²) in [6.45, 7) is 8.24. The van der Waals surface area contributed by atoms with Crippen molar-refractivity contribution in [1.29, 1.82) is 0 Å². The van der Waals surface area contributed by atoms with E-state index in [-0.39, 0.29) is 29.3 Å². The maximum absolute atomic E-state index is 12.9. The number of primary amides is 2. The topological polar surface area (TPSA) is 146 Å². The summed E-state index contributed by atoms with van der Waals surface area (Å²) in [7, 11) is 0. The maximum Gasteiger partial charge on any atom is 0.326 e. The molecule has 0 saturated heterocycles. The Morgan fingerprint density at radius 2 is 1.79 bits per heavy atom. The molecule has 1 aromatic carbocycles. The molecule has 38 heavy (non-hydrogen) atoms. The highest BCUT2D eigenvalue weighted by molar-refractivity contribution is 7.20. The first kappa shape index (κ1) is 29.3. The molecule has 0 radical (unpaired) electrons. The number of nitrogens with one attached hydrogen (secondary N) is 2. The molecule has 10 heteroatoms. The Kier molecular flexibility index (Phi) is 10.1. The van der Waals surface area contributed by atoms with E-state index in [1.807, 2.05) is 64.1 Å². The molecular formula is C28H38N4O5S. The van der Waals surface area contributed by atoms with Crippen LogP contribution in [0.4, 0.5) is 9.80 Å². The number of benzene rings is 1. The van der Waals surface area contributed by atoms with Crippen LogP contribution in [0.1, 0.15) is 69.3 Å². The quantitative estimate of drug-likeness (QED) is 0.304. The van der Waals surface area contributed by atoms with Crippen molar-refractivity contribution < 1.29 is 23.9 Å². The van der Waals surface area contributed by atoms with Crippen molar-refractivity contribution in [3.63, 3.8) is 0 Å². The first-order chi connectivity index (χ1) is 17.9. The molecule has 2 aromatic rings. The summed E-state index contributed by atoms with van der Waals surface area (Å²) >= 11 is 1.22. The Morgan fingerprint density at radius 1 is 1.13 bits per heavy atom. The van der Waals surface area contributed by atoms with Crippen molar-refractivity contribution in [1.82, 2.24) is 5.32 Å². The van der Waals surface area contributed by atoms with Gasteiger partial charge in [-0.2, -0.15) is 0 Å². The molecule has 1 aliphatic carbocycles. The predicted octanol–water partition coefficient (Wildman–Crippen LogP) is 4.67. The molecule has 9 nitrogen and oxygen atoms in total. The molecule has 3 rings (SSSR count). The summed E-state index contributed by atoms with van der Waals surface area (Å²) in [4.78, 5) is 36.7. The number of anilines is 1. The van der Waals surface area contributed by atoms with E-state index in [2.05, 4.69) is 10.6 Å². The van der Waals surface area contributed by atoms with Gasteiger partial charge in [0.2, 0.25) is 0 Å². The molecule has 0 aliphatic heterocycles. The van der Waals surface area contributed by atoms with Crippen molar-refractivity contribution >= 4 is 40.3 Å². The smallest absolute Gasteiger partial charge is 0.326 e. The lowest BCUT2D eigenvalue weighted by atomic mass is 10.1. The maximum atomic E-state index is 12.9. The molecule has 1 aromatic heterocycles. The lowest BCUT2D eigenvalue weighted by Crippen LogP contribution is -2.49. The van der Waals surface area contributed by atoms with Crippen LogP contribution in [0.3, 0.4) is 0 Å². The molecule has 1 heterocycles. The average molecular weight is 543 g/mol. The first-order valence-electron chi connectivity index (χ1n) is 12.8. The summed E-state index contributed by atoms with van der Waals surface area (Å²) in [6, 6.07) is 8.00. The van der Waals surface area contributed by atoms with Gasteiger partial charge in [-0.3, -0.25) is 20.2 Å². The van der Waals surface area contributed by atoms with Gasteiger partial charge in [-0.15, -0.1) is 11.3 Å². The number of nitrogens with two attached hydrogens (primary N) is 2. The lowest BCUT2D eigenvalue weighted by Gasteiger charge is -2.30. The molecule has 2 atom stereocenters. The van der Waals surface area contributed by atoms with E-state index in [0.717, 1.165) is 41.7 Å². The molecular weight excluding hydrogens is 504 g/mol. The van der Waals surface area contributed by atoms with Crippen LogP contribution in [0.2, 0.25) is 0 Å².